The smallest absolute Gasteiger partial charge is 0.255 e. The number of nitrogens with zero attached hydrogens (tertiary/aromatic N) is 2. The molecule has 9 heteroatoms. The van der Waals surface area contributed by atoms with Gasteiger partial charge in [0, 0.05) is 50.9 Å². The number of amides is 2. The predicted octanol–water partition coefficient (Wildman–Crippen LogP) is 2.69. The lowest BCUT2D eigenvalue weighted by molar-refractivity contribution is -0.145. The van der Waals surface area contributed by atoms with Crippen molar-refractivity contribution in [2.24, 2.45) is 0 Å². The number of hydrogen-bond donors (Lipinski definition) is 2. The highest BCUT2D eigenvalue weighted by Gasteiger charge is 2.35. The normalized spacial score (nSPS) is 24.6. The van der Waals surface area contributed by atoms with E-state index >= 15 is 0 Å². The molecule has 3 aliphatic heterocycles. The van der Waals surface area contributed by atoms with E-state index in [0.29, 0.717) is 28.6 Å². The fraction of sp³-hybridized carbons (Fsp3) is 0.667. The number of piperidine rings is 2. The molecular formula is C24H35ClN4O4. The molecule has 2 atom stereocenters. The molecule has 1 aromatic carbocycles. The second-order valence-corrected chi connectivity index (χ2v) is 9.71. The molecule has 1 unspecified atom stereocenters. The van der Waals surface area contributed by atoms with Crippen molar-refractivity contribution in [1.29, 1.82) is 0 Å². The van der Waals surface area contributed by atoms with E-state index in [-0.39, 0.29) is 30.0 Å². The molecule has 8 nitrogen and oxygen atoms in total. The van der Waals surface area contributed by atoms with Crippen LogP contribution >= 0.6 is 11.6 Å². The Morgan fingerprint density at radius 2 is 1.94 bits per heavy atom. The van der Waals surface area contributed by atoms with Crippen molar-refractivity contribution in [3.05, 3.63) is 22.7 Å². The average molecular weight is 479 g/mol. The van der Waals surface area contributed by atoms with E-state index in [1.165, 1.54) is 13.5 Å². The number of benzene rings is 1. The summed E-state index contributed by atoms with van der Waals surface area (Å²) in [5.74, 6) is 0.392. The molecule has 1 aromatic rings. The molecule has 0 saturated carbocycles. The molecule has 0 aromatic heterocycles. The van der Waals surface area contributed by atoms with Crippen molar-refractivity contribution in [3.8, 4) is 5.75 Å². The average Bonchev–Trinajstić information content (AvgIpc) is 3.37. The number of halogens is 1. The van der Waals surface area contributed by atoms with E-state index in [1.807, 2.05) is 0 Å². The Balaban J connectivity index is 1.29. The summed E-state index contributed by atoms with van der Waals surface area (Å²) in [5, 5.41) is 3.46. The van der Waals surface area contributed by atoms with Gasteiger partial charge in [-0.15, -0.1) is 0 Å². The van der Waals surface area contributed by atoms with Crippen molar-refractivity contribution in [1.82, 2.24) is 15.1 Å². The third-order valence-corrected chi connectivity index (χ3v) is 7.40. The summed E-state index contributed by atoms with van der Waals surface area (Å²) in [6.07, 6.45) is 6.59. The van der Waals surface area contributed by atoms with Crippen LogP contribution in [-0.4, -0.2) is 79.7 Å². The highest BCUT2D eigenvalue weighted by molar-refractivity contribution is 6.33. The van der Waals surface area contributed by atoms with Gasteiger partial charge in [0.15, 0.2) is 0 Å². The highest BCUT2D eigenvalue weighted by Crippen LogP contribution is 2.29. The maximum atomic E-state index is 13.0. The van der Waals surface area contributed by atoms with Gasteiger partial charge in [-0.25, -0.2) is 0 Å². The van der Waals surface area contributed by atoms with E-state index < -0.39 is 0 Å². The first kappa shape index (κ1) is 24.1. The summed E-state index contributed by atoms with van der Waals surface area (Å²) >= 11 is 6.11. The van der Waals surface area contributed by atoms with E-state index in [1.54, 1.807) is 12.1 Å². The molecule has 3 saturated heterocycles. The standard InChI is InChI=1S/C24H35ClN4O4/c1-32-22-14-20(26)19(25)13-18(22)23(30)27-16-7-10-28(11-8-16)15-17-5-2-3-9-29(17)24(31)21-6-4-12-33-21/h13-14,16-17,21H,2-12,15,26H2,1H3,(H,27,30)/t17?,21-/m0/s1. The SMILES string of the molecule is COc1cc(N)c(Cl)cc1C(=O)NC1CCN(CC2CCCCN2C(=O)[C@@H]2CCCO2)CC1. The molecule has 0 radical (unpaired) electrons. The van der Waals surface area contributed by atoms with Gasteiger partial charge in [-0.2, -0.15) is 0 Å². The zero-order chi connectivity index (χ0) is 23.4. The van der Waals surface area contributed by atoms with Gasteiger partial charge in [-0.05, 0) is 51.0 Å². The lowest BCUT2D eigenvalue weighted by Crippen LogP contribution is -2.54. The van der Waals surface area contributed by atoms with Gasteiger partial charge in [0.05, 0.1) is 23.4 Å². The Morgan fingerprint density at radius 3 is 2.64 bits per heavy atom. The molecule has 0 spiro atoms. The van der Waals surface area contributed by atoms with E-state index in [2.05, 4.69) is 15.1 Å². The summed E-state index contributed by atoms with van der Waals surface area (Å²) in [7, 11) is 1.51. The summed E-state index contributed by atoms with van der Waals surface area (Å²) in [4.78, 5) is 30.3. The molecule has 3 aliphatic rings. The maximum Gasteiger partial charge on any atom is 0.255 e. The maximum absolute atomic E-state index is 13.0. The van der Waals surface area contributed by atoms with Crippen LogP contribution in [0.3, 0.4) is 0 Å². The zero-order valence-corrected chi connectivity index (χ0v) is 20.1. The monoisotopic (exact) mass is 478 g/mol. The van der Waals surface area contributed by atoms with Crippen LogP contribution < -0.4 is 15.8 Å². The van der Waals surface area contributed by atoms with Crippen LogP contribution in [0.5, 0.6) is 5.75 Å². The zero-order valence-electron chi connectivity index (χ0n) is 19.4. The Bertz CT molecular complexity index is 853. The minimum absolute atomic E-state index is 0.0887. The highest BCUT2D eigenvalue weighted by atomic mass is 35.5. The largest absolute Gasteiger partial charge is 0.496 e. The van der Waals surface area contributed by atoms with Crippen LogP contribution in [0.4, 0.5) is 5.69 Å². The fourth-order valence-corrected chi connectivity index (χ4v) is 5.34. The van der Waals surface area contributed by atoms with E-state index in [4.69, 9.17) is 26.8 Å². The molecule has 0 bridgehead atoms. The van der Waals surface area contributed by atoms with Gasteiger partial charge in [-0.1, -0.05) is 11.6 Å². The number of rotatable bonds is 6. The number of carbonyl (C=O) groups excluding carboxylic acids is 2. The lowest BCUT2D eigenvalue weighted by atomic mass is 9.98. The quantitative estimate of drug-likeness (QED) is 0.610. The molecule has 3 N–H and O–H groups in total. The minimum atomic E-state index is -0.245. The van der Waals surface area contributed by atoms with Crippen molar-refractivity contribution >= 4 is 29.1 Å². The van der Waals surface area contributed by atoms with E-state index in [9.17, 15) is 9.59 Å². The topological polar surface area (TPSA) is 97.1 Å². The first-order valence-corrected chi connectivity index (χ1v) is 12.4. The third kappa shape index (κ3) is 5.73. The van der Waals surface area contributed by atoms with Crippen LogP contribution in [0, 0.1) is 0 Å². The molecule has 3 heterocycles. The molecule has 2 amide bonds. The van der Waals surface area contributed by atoms with Crippen LogP contribution in [0.25, 0.3) is 0 Å². The molecule has 182 valence electrons. The van der Waals surface area contributed by atoms with Gasteiger partial charge in [0.2, 0.25) is 0 Å². The van der Waals surface area contributed by atoms with Gasteiger partial charge >= 0.3 is 0 Å². The second-order valence-electron chi connectivity index (χ2n) is 9.31. The Morgan fingerprint density at radius 1 is 1.15 bits per heavy atom. The summed E-state index contributed by atoms with van der Waals surface area (Å²) < 4.78 is 11.0. The second kappa shape index (κ2) is 10.9. The predicted molar refractivity (Wildman–Crippen MR) is 128 cm³/mol. The first-order chi connectivity index (χ1) is 16.0. The molecular weight excluding hydrogens is 444 g/mol. The number of likely N-dealkylation sites (tertiary alicyclic amines) is 2. The van der Waals surface area contributed by atoms with Gasteiger partial charge in [0.1, 0.15) is 11.9 Å². The van der Waals surface area contributed by atoms with Crippen LogP contribution in [0.1, 0.15) is 55.3 Å². The third-order valence-electron chi connectivity index (χ3n) is 7.07. The van der Waals surface area contributed by atoms with Crippen molar-refractivity contribution < 1.29 is 19.1 Å². The van der Waals surface area contributed by atoms with Crippen molar-refractivity contribution in [3.63, 3.8) is 0 Å². The number of nitrogen functional groups attached to an aromatic ring is 1. The number of anilines is 1. The van der Waals surface area contributed by atoms with Gasteiger partial charge in [0.25, 0.3) is 11.8 Å². The number of hydrogen-bond acceptors (Lipinski definition) is 6. The minimum Gasteiger partial charge on any atom is -0.496 e. The number of ether oxygens (including phenoxy) is 2. The fourth-order valence-electron chi connectivity index (χ4n) is 5.17. The summed E-state index contributed by atoms with van der Waals surface area (Å²) in [5.41, 5.74) is 6.60. The van der Waals surface area contributed by atoms with Crippen LogP contribution in [0.2, 0.25) is 5.02 Å². The molecule has 4 rings (SSSR count). The number of nitrogens with two attached hydrogens (primary N) is 1. The summed E-state index contributed by atoms with van der Waals surface area (Å²) in [6, 6.07) is 3.48. The number of nitrogens with one attached hydrogen (secondary N) is 1. The van der Waals surface area contributed by atoms with Gasteiger partial charge < -0.3 is 30.3 Å². The van der Waals surface area contributed by atoms with Crippen molar-refractivity contribution in [2.75, 3.05) is 45.6 Å². The Kier molecular flexibility index (Phi) is 7.98. The van der Waals surface area contributed by atoms with Crippen molar-refractivity contribution in [2.45, 2.75) is 63.1 Å². The van der Waals surface area contributed by atoms with E-state index in [0.717, 1.165) is 64.7 Å². The van der Waals surface area contributed by atoms with Crippen LogP contribution in [0.15, 0.2) is 12.1 Å². The van der Waals surface area contributed by atoms with Crippen LogP contribution in [-0.2, 0) is 9.53 Å². The van der Waals surface area contributed by atoms with Gasteiger partial charge in [-0.3, -0.25) is 9.59 Å². The Labute approximate surface area is 200 Å². The molecule has 0 aliphatic carbocycles. The lowest BCUT2D eigenvalue weighted by Gasteiger charge is -2.41. The number of methoxy groups -OCH3 is 1. The summed E-state index contributed by atoms with van der Waals surface area (Å²) in [6.45, 7) is 4.21. The molecule has 33 heavy (non-hydrogen) atoms. The first-order valence-electron chi connectivity index (χ1n) is 12.0. The molecule has 3 fully saturated rings. The Hall–Kier alpha value is -2.03. The number of carbonyl (C=O) groups is 2.